The lowest BCUT2D eigenvalue weighted by molar-refractivity contribution is -0.760. The SMILES string of the molecule is Cc1nn(C)[n+](C)c1C. The molecule has 0 saturated carbocycles. The Balaban J connectivity index is 3.29. The molecule has 0 unspecified atom stereocenters. The standard InChI is InChI=1S/C6H12N3/c1-5-6(2)8(3)9(4)7-5/h1-4H3/q+1. The fourth-order valence-corrected chi connectivity index (χ4v) is 0.808. The van der Waals surface area contributed by atoms with Gasteiger partial charge in [0.1, 0.15) is 7.05 Å². The number of aromatic nitrogens is 3. The topological polar surface area (TPSA) is 21.7 Å². The highest BCUT2D eigenvalue weighted by atomic mass is 15.5. The zero-order valence-electron chi connectivity index (χ0n) is 6.34. The van der Waals surface area contributed by atoms with Crippen LogP contribution in [0.5, 0.6) is 0 Å². The van der Waals surface area contributed by atoms with Crippen molar-refractivity contribution in [1.29, 1.82) is 0 Å². The van der Waals surface area contributed by atoms with Gasteiger partial charge in [0.05, 0.1) is 7.05 Å². The van der Waals surface area contributed by atoms with Gasteiger partial charge in [0, 0.05) is 18.9 Å². The summed E-state index contributed by atoms with van der Waals surface area (Å²) in [5.41, 5.74) is 2.32. The molecule has 0 aliphatic heterocycles. The average molecular weight is 126 g/mol. The fraction of sp³-hybridized carbons (Fsp3) is 0.667. The Labute approximate surface area is 54.9 Å². The van der Waals surface area contributed by atoms with Crippen LogP contribution >= 0.6 is 0 Å². The van der Waals surface area contributed by atoms with E-state index < -0.39 is 0 Å². The molecule has 1 aromatic rings. The summed E-state index contributed by atoms with van der Waals surface area (Å²) in [5.74, 6) is 0. The second-order valence-corrected chi connectivity index (χ2v) is 2.28. The molecule has 1 heterocycles. The molecule has 0 saturated heterocycles. The number of hydrogen-bond acceptors (Lipinski definition) is 1. The maximum atomic E-state index is 4.19. The van der Waals surface area contributed by atoms with Crippen LogP contribution in [0.15, 0.2) is 0 Å². The molecule has 0 aliphatic carbocycles. The summed E-state index contributed by atoms with van der Waals surface area (Å²) < 4.78 is 2.01. The molecule has 0 spiro atoms. The van der Waals surface area contributed by atoms with Crippen LogP contribution in [-0.4, -0.2) is 9.90 Å². The van der Waals surface area contributed by atoms with Crippen molar-refractivity contribution in [2.75, 3.05) is 0 Å². The van der Waals surface area contributed by atoms with Crippen LogP contribution < -0.4 is 4.68 Å². The van der Waals surface area contributed by atoms with Gasteiger partial charge in [-0.05, 0) is 4.80 Å². The molecule has 0 radical (unpaired) electrons. The lowest BCUT2D eigenvalue weighted by Crippen LogP contribution is -2.39. The van der Waals surface area contributed by atoms with Crippen molar-refractivity contribution in [3.8, 4) is 0 Å². The zero-order valence-corrected chi connectivity index (χ0v) is 6.34. The van der Waals surface area contributed by atoms with Gasteiger partial charge < -0.3 is 0 Å². The molecule has 0 fully saturated rings. The largest absolute Gasteiger partial charge is 0.218 e. The molecule has 3 nitrogen and oxygen atoms in total. The molecule has 0 bridgehead atoms. The van der Waals surface area contributed by atoms with E-state index in [9.17, 15) is 0 Å². The number of hydrogen-bond donors (Lipinski definition) is 0. The second-order valence-electron chi connectivity index (χ2n) is 2.28. The monoisotopic (exact) mass is 126 g/mol. The molecule has 1 aromatic heterocycles. The quantitative estimate of drug-likeness (QED) is 0.443. The van der Waals surface area contributed by atoms with Gasteiger partial charge in [-0.1, -0.05) is 0 Å². The summed E-state index contributed by atoms with van der Waals surface area (Å²) in [7, 11) is 3.93. The van der Waals surface area contributed by atoms with Crippen LogP contribution in [0.25, 0.3) is 0 Å². The number of nitrogens with zero attached hydrogens (tertiary/aromatic N) is 3. The van der Waals surface area contributed by atoms with Crippen molar-refractivity contribution in [2.45, 2.75) is 13.8 Å². The Bertz CT molecular complexity index is 202. The number of rotatable bonds is 0. The summed E-state index contributed by atoms with van der Waals surface area (Å²) >= 11 is 0. The summed E-state index contributed by atoms with van der Waals surface area (Å²) in [5, 5.41) is 4.19. The molecule has 0 amide bonds. The van der Waals surface area contributed by atoms with Gasteiger partial charge in [-0.2, -0.15) is 4.68 Å². The molecule has 3 heteroatoms. The van der Waals surface area contributed by atoms with E-state index in [0.29, 0.717) is 0 Å². The molecule has 0 aliphatic rings. The zero-order chi connectivity index (χ0) is 7.02. The van der Waals surface area contributed by atoms with E-state index in [4.69, 9.17) is 0 Å². The van der Waals surface area contributed by atoms with Gasteiger partial charge in [-0.25, -0.2) is 0 Å². The first kappa shape index (κ1) is 6.26. The molecule has 0 aromatic carbocycles. The van der Waals surface area contributed by atoms with Crippen LogP contribution in [-0.2, 0) is 14.1 Å². The minimum Gasteiger partial charge on any atom is -0.161 e. The van der Waals surface area contributed by atoms with Gasteiger partial charge in [0.15, 0.2) is 5.69 Å². The van der Waals surface area contributed by atoms with Crippen molar-refractivity contribution in [3.63, 3.8) is 0 Å². The second kappa shape index (κ2) is 1.83. The van der Waals surface area contributed by atoms with Gasteiger partial charge in [-0.15, -0.1) is 0 Å². The van der Waals surface area contributed by atoms with E-state index in [1.54, 1.807) is 0 Å². The Morgan fingerprint density at radius 1 is 1.44 bits per heavy atom. The van der Waals surface area contributed by atoms with E-state index in [1.165, 1.54) is 5.69 Å². The first-order valence-electron chi connectivity index (χ1n) is 2.99. The molecular formula is C6H12N3+. The molecular weight excluding hydrogens is 114 g/mol. The Morgan fingerprint density at radius 2 is 2.00 bits per heavy atom. The number of aryl methyl sites for hydroxylation is 2. The van der Waals surface area contributed by atoms with Crippen molar-refractivity contribution >= 4 is 0 Å². The van der Waals surface area contributed by atoms with Crippen LogP contribution in [0.1, 0.15) is 11.4 Å². The smallest absolute Gasteiger partial charge is 0.161 e. The van der Waals surface area contributed by atoms with Crippen molar-refractivity contribution < 1.29 is 4.68 Å². The molecule has 0 atom stereocenters. The van der Waals surface area contributed by atoms with E-state index in [-0.39, 0.29) is 0 Å². The molecule has 0 N–H and O–H groups in total. The third kappa shape index (κ3) is 0.823. The lowest BCUT2D eigenvalue weighted by Gasteiger charge is -1.86. The molecule has 1 rings (SSSR count). The third-order valence-electron chi connectivity index (χ3n) is 1.74. The van der Waals surface area contributed by atoms with Crippen molar-refractivity contribution in [3.05, 3.63) is 11.4 Å². The lowest BCUT2D eigenvalue weighted by atomic mass is 10.4. The van der Waals surface area contributed by atoms with Crippen LogP contribution in [0, 0.1) is 13.8 Å². The highest BCUT2D eigenvalue weighted by molar-refractivity contribution is 4.96. The Kier molecular flexibility index (Phi) is 1.27. The average Bonchev–Trinajstić information content (AvgIpc) is 1.98. The van der Waals surface area contributed by atoms with Crippen LogP contribution in [0.4, 0.5) is 0 Å². The normalized spacial score (nSPS) is 10.2. The first-order chi connectivity index (χ1) is 4.13. The van der Waals surface area contributed by atoms with Crippen molar-refractivity contribution in [2.24, 2.45) is 14.1 Å². The van der Waals surface area contributed by atoms with Gasteiger partial charge in [0.25, 0.3) is 0 Å². The summed E-state index contributed by atoms with van der Waals surface area (Å²) in [6, 6.07) is 0. The van der Waals surface area contributed by atoms with Crippen LogP contribution in [0.3, 0.4) is 0 Å². The minimum absolute atomic E-state index is 1.10. The van der Waals surface area contributed by atoms with Crippen molar-refractivity contribution in [1.82, 2.24) is 9.90 Å². The first-order valence-corrected chi connectivity index (χ1v) is 2.99. The summed E-state index contributed by atoms with van der Waals surface area (Å²) in [4.78, 5) is 1.82. The summed E-state index contributed by atoms with van der Waals surface area (Å²) in [6.07, 6.45) is 0. The molecule has 9 heavy (non-hydrogen) atoms. The van der Waals surface area contributed by atoms with E-state index in [1.807, 2.05) is 30.5 Å². The fourth-order valence-electron chi connectivity index (χ4n) is 0.808. The highest BCUT2D eigenvalue weighted by Gasteiger charge is 2.10. The maximum Gasteiger partial charge on any atom is 0.218 e. The van der Waals surface area contributed by atoms with Crippen LogP contribution in [0.2, 0.25) is 0 Å². The highest BCUT2D eigenvalue weighted by Crippen LogP contribution is 1.92. The predicted octanol–water partition coefficient (Wildman–Crippen LogP) is -0.139. The van der Waals surface area contributed by atoms with Gasteiger partial charge in [0.2, 0.25) is 5.69 Å². The third-order valence-corrected chi connectivity index (χ3v) is 1.74. The summed E-state index contributed by atoms with van der Waals surface area (Å²) in [6.45, 7) is 4.07. The van der Waals surface area contributed by atoms with Gasteiger partial charge in [-0.3, -0.25) is 0 Å². The Morgan fingerprint density at radius 3 is 2.11 bits per heavy atom. The Hall–Kier alpha value is -0.860. The minimum atomic E-state index is 1.10. The van der Waals surface area contributed by atoms with E-state index in [2.05, 4.69) is 12.0 Å². The van der Waals surface area contributed by atoms with E-state index in [0.717, 1.165) is 5.69 Å². The van der Waals surface area contributed by atoms with E-state index >= 15 is 0 Å². The molecule has 50 valence electrons. The maximum absolute atomic E-state index is 4.19. The predicted molar refractivity (Wildman–Crippen MR) is 33.9 cm³/mol. The van der Waals surface area contributed by atoms with Gasteiger partial charge >= 0.3 is 0 Å².